The van der Waals surface area contributed by atoms with Gasteiger partial charge in [0.25, 0.3) is 0 Å². The Morgan fingerprint density at radius 1 is 0.963 bits per heavy atom. The van der Waals surface area contributed by atoms with Gasteiger partial charge in [-0.15, -0.1) is 0 Å². The first kappa shape index (κ1) is 19.3. The van der Waals surface area contributed by atoms with Crippen molar-refractivity contribution in [2.24, 2.45) is 0 Å². The molecule has 144 valence electrons. The Labute approximate surface area is 157 Å². The van der Waals surface area contributed by atoms with E-state index in [9.17, 15) is 18.0 Å². The van der Waals surface area contributed by atoms with Crippen molar-refractivity contribution in [1.82, 2.24) is 5.32 Å². The van der Waals surface area contributed by atoms with E-state index < -0.39 is 11.7 Å². The van der Waals surface area contributed by atoms with Crippen LogP contribution in [0.2, 0.25) is 0 Å². The van der Waals surface area contributed by atoms with E-state index in [2.05, 4.69) is 10.6 Å². The number of anilines is 1. The van der Waals surface area contributed by atoms with Crippen LogP contribution in [0.1, 0.15) is 36.8 Å². The molecular formula is C21H23F3N2O. The number of nitrogens with one attached hydrogen (secondary N) is 2. The Bertz CT molecular complexity index is 751. The molecule has 2 aromatic rings. The Morgan fingerprint density at radius 2 is 1.59 bits per heavy atom. The van der Waals surface area contributed by atoms with E-state index in [0.29, 0.717) is 18.7 Å². The molecule has 1 amide bonds. The Hall–Kier alpha value is -2.50. The van der Waals surface area contributed by atoms with Crippen LogP contribution in [-0.4, -0.2) is 18.0 Å². The first-order valence-corrected chi connectivity index (χ1v) is 9.12. The first-order chi connectivity index (χ1) is 12.9. The summed E-state index contributed by atoms with van der Waals surface area (Å²) in [7, 11) is 0. The van der Waals surface area contributed by atoms with Crippen molar-refractivity contribution in [2.75, 3.05) is 11.9 Å². The molecule has 0 radical (unpaired) electrons. The summed E-state index contributed by atoms with van der Waals surface area (Å²) in [5.41, 5.74) is 0.615. The second-order valence-corrected chi connectivity index (χ2v) is 7.13. The number of carbonyl (C=O) groups excluding carboxylic acids is 1. The lowest BCUT2D eigenvalue weighted by atomic mass is 9.96. The van der Waals surface area contributed by atoms with Crippen molar-refractivity contribution in [3.05, 3.63) is 65.7 Å². The van der Waals surface area contributed by atoms with Gasteiger partial charge in [0.05, 0.1) is 17.5 Å². The zero-order chi connectivity index (χ0) is 19.3. The quantitative estimate of drug-likeness (QED) is 0.761. The molecule has 2 N–H and O–H groups in total. The summed E-state index contributed by atoms with van der Waals surface area (Å²) in [5.74, 6) is -0.0540. The van der Waals surface area contributed by atoms with Crippen molar-refractivity contribution in [1.29, 1.82) is 0 Å². The van der Waals surface area contributed by atoms with Gasteiger partial charge in [-0.25, -0.2) is 0 Å². The molecule has 3 nitrogen and oxygen atoms in total. The van der Waals surface area contributed by atoms with Crippen molar-refractivity contribution in [3.8, 4) is 0 Å². The van der Waals surface area contributed by atoms with Gasteiger partial charge < -0.3 is 10.6 Å². The molecule has 0 bridgehead atoms. The largest absolute Gasteiger partial charge is 0.416 e. The van der Waals surface area contributed by atoms with Gasteiger partial charge in [-0.05, 0) is 42.7 Å². The van der Waals surface area contributed by atoms with E-state index in [4.69, 9.17) is 0 Å². The minimum atomic E-state index is -4.34. The minimum absolute atomic E-state index is 0.0540. The number of alkyl halides is 3. The molecule has 0 spiro atoms. The van der Waals surface area contributed by atoms with Crippen LogP contribution >= 0.6 is 0 Å². The smallest absolute Gasteiger partial charge is 0.378 e. The molecule has 0 saturated heterocycles. The van der Waals surface area contributed by atoms with Gasteiger partial charge in [0.1, 0.15) is 0 Å². The number of rotatable bonds is 6. The Kier molecular flexibility index (Phi) is 5.73. The second-order valence-electron chi connectivity index (χ2n) is 7.13. The SMILES string of the molecule is O=C(Cc1ccccc1)NCC1(Nc2ccc(C(F)(F)F)cc2)CCCC1. The normalized spacial score (nSPS) is 16.1. The van der Waals surface area contributed by atoms with E-state index in [1.54, 1.807) is 0 Å². The highest BCUT2D eigenvalue weighted by atomic mass is 19.4. The summed E-state index contributed by atoms with van der Waals surface area (Å²) < 4.78 is 38.2. The van der Waals surface area contributed by atoms with E-state index in [0.717, 1.165) is 43.4 Å². The number of hydrogen-bond acceptors (Lipinski definition) is 2. The fourth-order valence-corrected chi connectivity index (χ4v) is 3.56. The molecule has 1 fully saturated rings. The van der Waals surface area contributed by atoms with E-state index in [-0.39, 0.29) is 11.4 Å². The van der Waals surface area contributed by atoms with Crippen LogP contribution in [-0.2, 0) is 17.4 Å². The van der Waals surface area contributed by atoms with Crippen LogP contribution in [0, 0.1) is 0 Å². The highest BCUT2D eigenvalue weighted by molar-refractivity contribution is 5.78. The fraction of sp³-hybridized carbons (Fsp3) is 0.381. The maximum atomic E-state index is 12.7. The van der Waals surface area contributed by atoms with Crippen LogP contribution in [0.3, 0.4) is 0 Å². The molecule has 0 heterocycles. The van der Waals surface area contributed by atoms with Gasteiger partial charge >= 0.3 is 6.18 Å². The number of halogens is 3. The van der Waals surface area contributed by atoms with E-state index >= 15 is 0 Å². The van der Waals surface area contributed by atoms with Gasteiger partial charge in [-0.1, -0.05) is 43.2 Å². The summed E-state index contributed by atoms with van der Waals surface area (Å²) in [6.45, 7) is 0.458. The topological polar surface area (TPSA) is 41.1 Å². The predicted molar refractivity (Wildman–Crippen MR) is 99.4 cm³/mol. The number of benzene rings is 2. The molecule has 1 saturated carbocycles. The first-order valence-electron chi connectivity index (χ1n) is 9.12. The highest BCUT2D eigenvalue weighted by Crippen LogP contribution is 2.34. The molecule has 0 aliphatic heterocycles. The zero-order valence-electron chi connectivity index (χ0n) is 15.0. The number of carbonyl (C=O) groups is 1. The van der Waals surface area contributed by atoms with E-state index in [1.807, 2.05) is 30.3 Å². The standard InChI is InChI=1S/C21H23F3N2O/c22-21(23,24)17-8-10-18(11-9-17)26-20(12-4-5-13-20)15-25-19(27)14-16-6-2-1-3-7-16/h1-3,6-11,26H,4-5,12-15H2,(H,25,27). The predicted octanol–water partition coefficient (Wildman–Crippen LogP) is 4.79. The number of hydrogen-bond donors (Lipinski definition) is 2. The van der Waals surface area contributed by atoms with Crippen LogP contribution in [0.5, 0.6) is 0 Å². The lowest BCUT2D eigenvalue weighted by molar-refractivity contribution is -0.137. The van der Waals surface area contributed by atoms with Crippen molar-refractivity contribution < 1.29 is 18.0 Å². The van der Waals surface area contributed by atoms with Gasteiger partial charge in [0.2, 0.25) is 5.91 Å². The summed E-state index contributed by atoms with van der Waals surface area (Å²) >= 11 is 0. The van der Waals surface area contributed by atoms with Crippen LogP contribution < -0.4 is 10.6 Å². The summed E-state index contributed by atoms with van der Waals surface area (Å²) in [6.07, 6.45) is -0.212. The second kappa shape index (κ2) is 8.03. The average molecular weight is 376 g/mol. The maximum Gasteiger partial charge on any atom is 0.416 e. The Balaban J connectivity index is 1.61. The van der Waals surface area contributed by atoms with Crippen molar-refractivity contribution in [2.45, 2.75) is 43.8 Å². The highest BCUT2D eigenvalue weighted by Gasteiger charge is 2.35. The zero-order valence-corrected chi connectivity index (χ0v) is 15.0. The summed E-state index contributed by atoms with van der Waals surface area (Å²) in [5, 5.41) is 6.36. The van der Waals surface area contributed by atoms with Crippen molar-refractivity contribution >= 4 is 11.6 Å². The van der Waals surface area contributed by atoms with E-state index in [1.165, 1.54) is 12.1 Å². The van der Waals surface area contributed by atoms with Crippen LogP contribution in [0.15, 0.2) is 54.6 Å². The summed E-state index contributed by atoms with van der Waals surface area (Å²) in [6, 6.07) is 14.6. The molecular weight excluding hydrogens is 353 g/mol. The lowest BCUT2D eigenvalue weighted by Gasteiger charge is -2.32. The Morgan fingerprint density at radius 3 is 2.19 bits per heavy atom. The minimum Gasteiger partial charge on any atom is -0.378 e. The molecule has 1 aliphatic rings. The monoisotopic (exact) mass is 376 g/mol. The van der Waals surface area contributed by atoms with Crippen LogP contribution in [0.4, 0.5) is 18.9 Å². The molecule has 1 aliphatic carbocycles. The maximum absolute atomic E-state index is 12.7. The van der Waals surface area contributed by atoms with Gasteiger partial charge in [0, 0.05) is 12.2 Å². The van der Waals surface area contributed by atoms with Gasteiger partial charge in [0.15, 0.2) is 0 Å². The summed E-state index contributed by atoms with van der Waals surface area (Å²) in [4.78, 5) is 12.3. The molecule has 2 aromatic carbocycles. The number of amides is 1. The molecule has 0 aromatic heterocycles. The van der Waals surface area contributed by atoms with Crippen molar-refractivity contribution in [3.63, 3.8) is 0 Å². The fourth-order valence-electron chi connectivity index (χ4n) is 3.56. The third kappa shape index (κ3) is 5.25. The van der Waals surface area contributed by atoms with Gasteiger partial charge in [-0.3, -0.25) is 4.79 Å². The molecule has 6 heteroatoms. The molecule has 0 atom stereocenters. The van der Waals surface area contributed by atoms with Gasteiger partial charge in [-0.2, -0.15) is 13.2 Å². The average Bonchev–Trinajstić information content (AvgIpc) is 3.09. The van der Waals surface area contributed by atoms with Crippen LogP contribution in [0.25, 0.3) is 0 Å². The third-order valence-corrected chi connectivity index (χ3v) is 5.01. The molecule has 0 unspecified atom stereocenters. The molecule has 3 rings (SSSR count). The molecule has 27 heavy (non-hydrogen) atoms. The third-order valence-electron chi connectivity index (χ3n) is 5.01. The lowest BCUT2D eigenvalue weighted by Crippen LogP contribution is -2.47.